The van der Waals surface area contributed by atoms with Gasteiger partial charge in [-0.2, -0.15) is 0 Å². The van der Waals surface area contributed by atoms with E-state index in [9.17, 15) is 9.59 Å². The normalized spacial score (nSPS) is 38.7. The predicted octanol–water partition coefficient (Wildman–Crippen LogP) is 3.42. The number of methoxy groups -OCH3 is 1. The third-order valence-corrected chi connectivity index (χ3v) is 6.03. The van der Waals surface area contributed by atoms with E-state index in [4.69, 9.17) is 4.74 Å². The van der Waals surface area contributed by atoms with Crippen molar-refractivity contribution in [1.82, 2.24) is 4.90 Å². The van der Waals surface area contributed by atoms with Crippen molar-refractivity contribution in [3.63, 3.8) is 0 Å². The van der Waals surface area contributed by atoms with Crippen LogP contribution in [0.5, 0.6) is 0 Å². The highest BCUT2D eigenvalue weighted by atomic mass is 16.5. The average molecular weight is 299 g/mol. The van der Waals surface area contributed by atoms with E-state index in [0.717, 1.165) is 6.42 Å². The number of rotatable bonds is 0. The average Bonchev–Trinajstić information content (AvgIpc) is 2.44. The monoisotopic (exact) mass is 299 g/mol. The van der Waals surface area contributed by atoms with Gasteiger partial charge in [0.1, 0.15) is 5.78 Å². The summed E-state index contributed by atoms with van der Waals surface area (Å²) in [5.74, 6) is 0.450. The van der Waals surface area contributed by atoms with E-state index in [1.807, 2.05) is 11.0 Å². The van der Waals surface area contributed by atoms with Gasteiger partial charge in [0, 0.05) is 18.8 Å². The number of hydrogen-bond acceptors (Lipinski definition) is 3. The predicted molar refractivity (Wildman–Crippen MR) is 81.5 cm³/mol. The topological polar surface area (TPSA) is 46.6 Å². The maximum atomic E-state index is 12.5. The number of nitrogens with zero attached hydrogens (tertiary/aromatic N) is 1. The first kappa shape index (κ1) is 13.8. The third-order valence-electron chi connectivity index (χ3n) is 6.03. The number of amides is 1. The Bertz CT molecular complexity index is 685. The Balaban J connectivity index is 1.98. The van der Waals surface area contributed by atoms with Gasteiger partial charge in [-0.3, -0.25) is 9.69 Å². The summed E-state index contributed by atoms with van der Waals surface area (Å²) in [4.78, 5) is 26.7. The zero-order valence-corrected chi connectivity index (χ0v) is 13.3. The minimum absolute atomic E-state index is 0.0109. The largest absolute Gasteiger partial charge is 0.453 e. The molecule has 2 heterocycles. The second-order valence-electron chi connectivity index (χ2n) is 7.53. The smallest absolute Gasteiger partial charge is 0.410 e. The molecule has 4 heteroatoms. The lowest BCUT2D eigenvalue weighted by Gasteiger charge is -2.66. The lowest BCUT2D eigenvalue weighted by Crippen LogP contribution is -2.68. The highest BCUT2D eigenvalue weighted by Gasteiger charge is 2.65. The maximum Gasteiger partial charge on any atom is 0.410 e. The van der Waals surface area contributed by atoms with Crippen LogP contribution >= 0.6 is 0 Å². The van der Waals surface area contributed by atoms with Crippen molar-refractivity contribution >= 4 is 11.9 Å². The lowest BCUT2D eigenvalue weighted by atomic mass is 9.47. The van der Waals surface area contributed by atoms with Crippen molar-refractivity contribution in [2.24, 2.45) is 5.41 Å². The molecule has 0 radical (unpaired) electrons. The van der Waals surface area contributed by atoms with Gasteiger partial charge in [-0.1, -0.05) is 31.2 Å². The van der Waals surface area contributed by atoms with E-state index in [1.54, 1.807) is 0 Å². The van der Waals surface area contributed by atoms with Gasteiger partial charge >= 0.3 is 6.09 Å². The summed E-state index contributed by atoms with van der Waals surface area (Å²) in [5, 5.41) is 0. The molecule has 0 unspecified atom stereocenters. The molecule has 2 aliphatic carbocycles. The van der Waals surface area contributed by atoms with E-state index in [0.29, 0.717) is 12.8 Å². The molecule has 1 aromatic carbocycles. The zero-order valence-electron chi connectivity index (χ0n) is 13.3. The second kappa shape index (κ2) is 4.12. The highest BCUT2D eigenvalue weighted by Crippen LogP contribution is 2.67. The maximum absolute atomic E-state index is 12.5. The molecule has 4 atom stereocenters. The van der Waals surface area contributed by atoms with Gasteiger partial charge in [0.05, 0.1) is 18.7 Å². The first-order chi connectivity index (χ1) is 10.4. The van der Waals surface area contributed by atoms with Gasteiger partial charge in [0.2, 0.25) is 0 Å². The van der Waals surface area contributed by atoms with Gasteiger partial charge in [-0.25, -0.2) is 4.79 Å². The van der Waals surface area contributed by atoms with Crippen LogP contribution in [-0.2, 0) is 9.53 Å². The highest BCUT2D eigenvalue weighted by molar-refractivity contribution is 5.85. The quantitative estimate of drug-likeness (QED) is 0.737. The molecule has 1 saturated heterocycles. The van der Waals surface area contributed by atoms with Crippen molar-refractivity contribution in [2.75, 3.05) is 7.11 Å². The number of benzene rings is 1. The fraction of sp³-hybridized carbons (Fsp3) is 0.556. The zero-order chi connectivity index (χ0) is 15.7. The van der Waals surface area contributed by atoms with Gasteiger partial charge in [0.25, 0.3) is 0 Å². The van der Waals surface area contributed by atoms with E-state index < -0.39 is 5.54 Å². The second-order valence-corrected chi connectivity index (χ2v) is 7.53. The van der Waals surface area contributed by atoms with E-state index in [2.05, 4.69) is 32.0 Å². The van der Waals surface area contributed by atoms with Crippen LogP contribution in [0.1, 0.15) is 56.2 Å². The number of piperidine rings is 1. The Morgan fingerprint density at radius 3 is 2.59 bits per heavy atom. The summed E-state index contributed by atoms with van der Waals surface area (Å²) in [5.41, 5.74) is 2.00. The Morgan fingerprint density at radius 2 is 1.91 bits per heavy atom. The van der Waals surface area contributed by atoms with E-state index in [-0.39, 0.29) is 29.3 Å². The number of carbonyl (C=O) groups is 2. The van der Waals surface area contributed by atoms with Crippen molar-refractivity contribution in [3.05, 3.63) is 35.4 Å². The number of ketones is 1. The molecule has 0 spiro atoms. The Kier molecular flexibility index (Phi) is 2.58. The molecule has 4 nitrogen and oxygen atoms in total. The Labute approximate surface area is 130 Å². The summed E-state index contributed by atoms with van der Waals surface area (Å²) in [6.45, 7) is 4.27. The lowest BCUT2D eigenvalue weighted by molar-refractivity contribution is -0.146. The standard InChI is InChI=1S/C18H21NO3/c1-17-8-11(20)9-18(2)15(17)13-7-5-4-6-12(13)14(10-17)19(18)16(21)22-3/h4-7,14-15H,8-10H2,1-3H3/t14-,15-,17+,18+/m0/s1. The fourth-order valence-corrected chi connectivity index (χ4v) is 5.64. The molecule has 2 aliphatic heterocycles. The summed E-state index contributed by atoms with van der Waals surface area (Å²) in [6.07, 6.45) is 1.56. The number of hydrogen-bond donors (Lipinski definition) is 0. The van der Waals surface area contributed by atoms with Crippen molar-refractivity contribution < 1.29 is 14.3 Å². The SMILES string of the molecule is COC(=O)N1[C@H]2C[C@@]3(C)CC(=O)C[C@]1(C)[C@H]3c1ccccc12. The molecule has 1 amide bonds. The minimum atomic E-state index is -0.478. The molecule has 4 aliphatic rings. The van der Waals surface area contributed by atoms with Crippen LogP contribution in [0, 0.1) is 5.41 Å². The first-order valence-corrected chi connectivity index (χ1v) is 7.88. The van der Waals surface area contributed by atoms with E-state index >= 15 is 0 Å². The van der Waals surface area contributed by atoms with Crippen LogP contribution < -0.4 is 0 Å². The van der Waals surface area contributed by atoms with Crippen molar-refractivity contribution in [3.8, 4) is 0 Å². The van der Waals surface area contributed by atoms with Crippen molar-refractivity contribution in [2.45, 2.75) is 50.6 Å². The fourth-order valence-electron chi connectivity index (χ4n) is 5.64. The van der Waals surface area contributed by atoms with Crippen LogP contribution in [0.15, 0.2) is 24.3 Å². The van der Waals surface area contributed by atoms with Crippen molar-refractivity contribution in [1.29, 1.82) is 0 Å². The van der Waals surface area contributed by atoms with Gasteiger partial charge in [-0.15, -0.1) is 0 Å². The molecule has 1 saturated carbocycles. The summed E-state index contributed by atoms with van der Waals surface area (Å²) in [6, 6.07) is 8.39. The molecular weight excluding hydrogens is 278 g/mol. The molecule has 0 N–H and O–H groups in total. The summed E-state index contributed by atoms with van der Waals surface area (Å²) in [7, 11) is 1.42. The molecule has 5 rings (SSSR count). The molecule has 1 aromatic rings. The molecule has 0 aromatic heterocycles. The summed E-state index contributed by atoms with van der Waals surface area (Å²) < 4.78 is 5.06. The molecule has 4 bridgehead atoms. The summed E-state index contributed by atoms with van der Waals surface area (Å²) >= 11 is 0. The molecular formula is C18H21NO3. The van der Waals surface area contributed by atoms with Crippen LogP contribution in [0.3, 0.4) is 0 Å². The van der Waals surface area contributed by atoms with Gasteiger partial charge < -0.3 is 4.74 Å². The van der Waals surface area contributed by atoms with E-state index in [1.165, 1.54) is 18.2 Å². The van der Waals surface area contributed by atoms with Gasteiger partial charge in [0.15, 0.2) is 0 Å². The number of carbonyl (C=O) groups excluding carboxylic acids is 2. The van der Waals surface area contributed by atoms with Crippen LogP contribution in [0.25, 0.3) is 0 Å². The molecule has 116 valence electrons. The van der Waals surface area contributed by atoms with Crippen LogP contribution in [0.2, 0.25) is 0 Å². The molecule has 2 fully saturated rings. The number of ether oxygens (including phenoxy) is 1. The Morgan fingerprint density at radius 1 is 1.23 bits per heavy atom. The minimum Gasteiger partial charge on any atom is -0.453 e. The third kappa shape index (κ3) is 1.48. The molecule has 22 heavy (non-hydrogen) atoms. The van der Waals surface area contributed by atoms with Crippen LogP contribution in [-0.4, -0.2) is 29.4 Å². The Hall–Kier alpha value is -1.84. The van der Waals surface area contributed by atoms with Gasteiger partial charge in [-0.05, 0) is 29.9 Å². The number of Topliss-reactive ketones (excluding diaryl/α,β-unsaturated/α-hetero) is 1. The van der Waals surface area contributed by atoms with Crippen LogP contribution in [0.4, 0.5) is 4.79 Å². The first-order valence-electron chi connectivity index (χ1n) is 7.88.